The summed E-state index contributed by atoms with van der Waals surface area (Å²) >= 11 is 0. The first-order valence-electron chi connectivity index (χ1n) is 15.5. The first-order valence-corrected chi connectivity index (χ1v) is 15.5. The van der Waals surface area contributed by atoms with Gasteiger partial charge in [-0.2, -0.15) is 5.10 Å². The summed E-state index contributed by atoms with van der Waals surface area (Å²) in [6.45, 7) is 5.35. The maximum absolute atomic E-state index is 15.7. The van der Waals surface area contributed by atoms with Crippen molar-refractivity contribution in [1.29, 1.82) is 0 Å². The van der Waals surface area contributed by atoms with Gasteiger partial charge < -0.3 is 26.7 Å². The van der Waals surface area contributed by atoms with Gasteiger partial charge in [0.15, 0.2) is 0 Å². The van der Waals surface area contributed by atoms with Crippen LogP contribution in [0.5, 0.6) is 0 Å². The lowest BCUT2D eigenvalue weighted by molar-refractivity contribution is 0.0983. The third kappa shape index (κ3) is 6.32. The van der Waals surface area contributed by atoms with Crippen LogP contribution in [-0.2, 0) is 0 Å². The highest BCUT2D eigenvalue weighted by molar-refractivity contribution is 6.06. The van der Waals surface area contributed by atoms with Gasteiger partial charge in [-0.15, -0.1) is 0 Å². The molecular weight excluding hydrogens is 618 g/mol. The lowest BCUT2D eigenvalue weighted by atomic mass is 9.99. The Kier molecular flexibility index (Phi) is 8.87. The number of nitrogens with one attached hydrogen (secondary N) is 2. The second kappa shape index (κ2) is 13.2. The van der Waals surface area contributed by atoms with Crippen LogP contribution in [0.25, 0.3) is 33.4 Å². The van der Waals surface area contributed by atoms with Gasteiger partial charge in [0.2, 0.25) is 5.43 Å². The second-order valence-electron chi connectivity index (χ2n) is 12.0. The lowest BCUT2D eigenvalue weighted by Crippen LogP contribution is -2.31. The molecule has 6 N–H and O–H groups in total. The molecule has 4 heterocycles. The van der Waals surface area contributed by atoms with Crippen molar-refractivity contribution in [2.45, 2.75) is 38.8 Å². The summed E-state index contributed by atoms with van der Waals surface area (Å²) in [6, 6.07) is 10.7. The number of nitrogens with two attached hydrogens (primary N) is 2. The smallest absolute Gasteiger partial charge is 0.266 e. The molecule has 1 fully saturated rings. The topological polar surface area (TPSA) is 163 Å². The van der Waals surface area contributed by atoms with Crippen LogP contribution in [-0.4, -0.2) is 44.2 Å². The Morgan fingerprint density at radius 3 is 2.35 bits per heavy atom. The number of pyridine rings is 2. The molecule has 2 aromatic carbocycles. The fraction of sp³-hybridized carbons (Fsp3) is 0.229. The number of halogens is 2. The average Bonchev–Trinajstić information content (AvgIpc) is 3.56. The van der Waals surface area contributed by atoms with Gasteiger partial charge in [0, 0.05) is 52.6 Å². The van der Waals surface area contributed by atoms with Gasteiger partial charge in [-0.1, -0.05) is 12.1 Å². The van der Waals surface area contributed by atoms with Gasteiger partial charge in [-0.25, -0.2) is 13.8 Å². The van der Waals surface area contributed by atoms with E-state index in [1.807, 2.05) is 10.9 Å². The molecule has 48 heavy (non-hydrogen) atoms. The number of aromatic nitrogens is 4. The van der Waals surface area contributed by atoms with Gasteiger partial charge in [-0.3, -0.25) is 19.1 Å². The third-order valence-electron chi connectivity index (χ3n) is 8.46. The molecule has 11 nitrogen and oxygen atoms in total. The number of primary amides is 1. The van der Waals surface area contributed by atoms with E-state index in [1.54, 1.807) is 32.3 Å². The number of rotatable bonds is 8. The third-order valence-corrected chi connectivity index (χ3v) is 8.46. The number of carbonyl (C=O) groups is 2. The van der Waals surface area contributed by atoms with Crippen LogP contribution in [0.4, 0.5) is 20.3 Å². The summed E-state index contributed by atoms with van der Waals surface area (Å²) in [4.78, 5) is 44.0. The van der Waals surface area contributed by atoms with Gasteiger partial charge in [-0.05, 0) is 81.7 Å². The molecule has 6 rings (SSSR count). The molecule has 1 aliphatic rings. The lowest BCUT2D eigenvalue weighted by Gasteiger charge is -2.22. The molecule has 0 unspecified atom stereocenters. The van der Waals surface area contributed by atoms with Crippen molar-refractivity contribution in [3.05, 3.63) is 106 Å². The molecule has 3 aromatic heterocycles. The van der Waals surface area contributed by atoms with Crippen LogP contribution in [0.1, 0.15) is 59.6 Å². The molecule has 1 saturated heterocycles. The Morgan fingerprint density at radius 1 is 0.958 bits per heavy atom. The van der Waals surface area contributed by atoms with Crippen molar-refractivity contribution in [3.8, 4) is 33.4 Å². The maximum atomic E-state index is 15.7. The zero-order chi connectivity index (χ0) is 34.1. The molecule has 0 spiro atoms. The van der Waals surface area contributed by atoms with Crippen molar-refractivity contribution < 1.29 is 18.4 Å². The summed E-state index contributed by atoms with van der Waals surface area (Å²) < 4.78 is 32.7. The van der Waals surface area contributed by atoms with Gasteiger partial charge >= 0.3 is 0 Å². The zero-order valence-corrected chi connectivity index (χ0v) is 26.3. The molecule has 0 atom stereocenters. The zero-order valence-electron chi connectivity index (χ0n) is 26.3. The molecule has 0 bridgehead atoms. The number of hydrogen-bond donors (Lipinski definition) is 4. The van der Waals surface area contributed by atoms with E-state index in [2.05, 4.69) is 20.7 Å². The standard InChI is InChI=1S/C35H34F2N8O3/c1-19(2)44-18-28(32(46)30(31(44)34(39)47)20-3-5-23(36)6-4-20)35(48)43-24-7-8-26(29(37)14-24)27-13-21(15-41-33(27)38)22-16-42-45(17-22)25-9-11-40-12-10-25/h3-8,13-19,25,40H,9-12H2,1-2H3,(H2,38,41)(H2,39,47)(H,43,48). The van der Waals surface area contributed by atoms with Crippen molar-refractivity contribution in [1.82, 2.24) is 24.6 Å². The summed E-state index contributed by atoms with van der Waals surface area (Å²) in [6.07, 6.45) is 8.50. The number of nitrogen functional groups attached to an aromatic ring is 1. The van der Waals surface area contributed by atoms with Crippen molar-refractivity contribution in [2.75, 3.05) is 24.1 Å². The summed E-state index contributed by atoms with van der Waals surface area (Å²) in [7, 11) is 0. The summed E-state index contributed by atoms with van der Waals surface area (Å²) in [5.74, 6) is -2.83. The number of piperidine rings is 1. The van der Waals surface area contributed by atoms with Crippen LogP contribution in [0.2, 0.25) is 0 Å². The minimum atomic E-state index is -0.891. The largest absolute Gasteiger partial charge is 0.383 e. The van der Waals surface area contributed by atoms with E-state index < -0.39 is 28.9 Å². The highest BCUT2D eigenvalue weighted by atomic mass is 19.1. The number of carbonyl (C=O) groups excluding carboxylic acids is 2. The molecule has 2 amide bonds. The first kappa shape index (κ1) is 32.3. The van der Waals surface area contributed by atoms with Crippen molar-refractivity contribution >= 4 is 23.3 Å². The van der Waals surface area contributed by atoms with Gasteiger partial charge in [0.05, 0.1) is 17.8 Å². The Labute approximate surface area is 274 Å². The highest BCUT2D eigenvalue weighted by Crippen LogP contribution is 2.33. The Morgan fingerprint density at radius 2 is 1.69 bits per heavy atom. The van der Waals surface area contributed by atoms with Crippen LogP contribution >= 0.6 is 0 Å². The fourth-order valence-electron chi connectivity index (χ4n) is 5.95. The van der Waals surface area contributed by atoms with Gasteiger partial charge in [0.1, 0.15) is 28.7 Å². The molecular formula is C35H34F2N8O3. The van der Waals surface area contributed by atoms with Crippen LogP contribution in [0, 0.1) is 11.6 Å². The molecule has 246 valence electrons. The van der Waals surface area contributed by atoms with Crippen LogP contribution < -0.4 is 27.5 Å². The van der Waals surface area contributed by atoms with E-state index in [4.69, 9.17) is 11.5 Å². The highest BCUT2D eigenvalue weighted by Gasteiger charge is 2.26. The van der Waals surface area contributed by atoms with E-state index in [9.17, 15) is 18.8 Å². The number of anilines is 2. The molecule has 5 aromatic rings. The van der Waals surface area contributed by atoms with E-state index in [0.717, 1.165) is 49.7 Å². The number of amides is 2. The Bertz CT molecular complexity index is 2080. The quantitative estimate of drug-likeness (QED) is 0.180. The molecule has 0 aliphatic carbocycles. The normalized spacial score (nSPS) is 13.5. The Balaban J connectivity index is 1.31. The molecule has 1 aliphatic heterocycles. The second-order valence-corrected chi connectivity index (χ2v) is 12.0. The Hall–Kier alpha value is -5.69. The average molecular weight is 653 g/mol. The van der Waals surface area contributed by atoms with E-state index in [0.29, 0.717) is 17.2 Å². The summed E-state index contributed by atoms with van der Waals surface area (Å²) in [5, 5.41) is 10.5. The van der Waals surface area contributed by atoms with Crippen molar-refractivity contribution in [3.63, 3.8) is 0 Å². The van der Waals surface area contributed by atoms with Crippen LogP contribution in [0.15, 0.2) is 78.1 Å². The first-order chi connectivity index (χ1) is 23.0. The fourth-order valence-corrected chi connectivity index (χ4v) is 5.95. The number of benzene rings is 2. The van der Waals surface area contributed by atoms with E-state index in [-0.39, 0.29) is 45.5 Å². The molecule has 13 heteroatoms. The van der Waals surface area contributed by atoms with E-state index in [1.165, 1.54) is 35.0 Å². The summed E-state index contributed by atoms with van der Waals surface area (Å²) in [5.41, 5.74) is 12.8. The van der Waals surface area contributed by atoms with E-state index >= 15 is 4.39 Å². The monoisotopic (exact) mass is 652 g/mol. The predicted molar refractivity (Wildman–Crippen MR) is 179 cm³/mol. The van der Waals surface area contributed by atoms with Crippen LogP contribution in [0.3, 0.4) is 0 Å². The minimum Gasteiger partial charge on any atom is -0.383 e. The molecule has 0 saturated carbocycles. The number of nitrogens with zero attached hydrogens (tertiary/aromatic N) is 4. The maximum Gasteiger partial charge on any atom is 0.266 e. The minimum absolute atomic E-state index is 0.0741. The SMILES string of the molecule is CC(C)n1cc(C(=O)Nc2ccc(-c3cc(-c4cnn(C5CCNCC5)c4)cnc3N)c(F)c2)c(=O)c(-c2ccc(F)cc2)c1C(N)=O. The predicted octanol–water partition coefficient (Wildman–Crippen LogP) is 5.16. The van der Waals surface area contributed by atoms with Gasteiger partial charge in [0.25, 0.3) is 11.8 Å². The number of hydrogen-bond acceptors (Lipinski definition) is 7. The van der Waals surface area contributed by atoms with Crippen molar-refractivity contribution in [2.24, 2.45) is 5.73 Å². The molecule has 0 radical (unpaired) electrons.